The van der Waals surface area contributed by atoms with E-state index in [9.17, 15) is 28.8 Å². The highest BCUT2D eigenvalue weighted by atomic mass is 35.5. The molecule has 0 radical (unpaired) electrons. The van der Waals surface area contributed by atoms with E-state index in [1.807, 2.05) is 35.8 Å². The molecule has 1 saturated heterocycles. The van der Waals surface area contributed by atoms with Crippen LogP contribution in [-0.2, 0) is 21.0 Å². The number of fused-ring (bicyclic) bond motifs is 4. The van der Waals surface area contributed by atoms with Crippen LogP contribution in [0.5, 0.6) is 5.75 Å². The number of carbonyl (C=O) groups is 6. The number of hydrogen-bond donors (Lipinski definition) is 3. The van der Waals surface area contributed by atoms with Crippen molar-refractivity contribution in [3.63, 3.8) is 0 Å². The lowest BCUT2D eigenvalue weighted by molar-refractivity contribution is -0.136. The van der Waals surface area contributed by atoms with E-state index in [0.717, 1.165) is 48.6 Å². The quantitative estimate of drug-likeness (QED) is 0.101. The van der Waals surface area contributed by atoms with Crippen molar-refractivity contribution >= 4 is 64.1 Å². The van der Waals surface area contributed by atoms with E-state index in [4.69, 9.17) is 21.3 Å². The molecule has 3 N–H and O–H groups in total. The minimum atomic E-state index is -1.08. The zero-order chi connectivity index (χ0) is 42.9. The van der Waals surface area contributed by atoms with Crippen molar-refractivity contribution < 1.29 is 33.5 Å². The fraction of sp³-hybridized carbons (Fsp3) is 0.295. The number of piperidine rings is 1. The summed E-state index contributed by atoms with van der Waals surface area (Å²) in [5.41, 5.74) is 5.14. The van der Waals surface area contributed by atoms with Gasteiger partial charge in [-0.05, 0) is 87.6 Å². The number of rotatable bonds is 13. The maximum Gasteiger partial charge on any atom is 0.266 e. The van der Waals surface area contributed by atoms with Crippen LogP contribution in [0, 0.1) is 20.8 Å². The Bertz CT molecular complexity index is 2640. The van der Waals surface area contributed by atoms with Crippen LogP contribution in [0.2, 0.25) is 5.02 Å². The van der Waals surface area contributed by atoms with Gasteiger partial charge in [-0.25, -0.2) is 0 Å². The lowest BCUT2D eigenvalue weighted by Crippen LogP contribution is -2.54. The first-order valence-electron chi connectivity index (χ1n) is 19.9. The van der Waals surface area contributed by atoms with Crippen molar-refractivity contribution in [1.82, 2.24) is 35.6 Å². The van der Waals surface area contributed by atoms with Crippen LogP contribution < -0.4 is 20.7 Å². The summed E-state index contributed by atoms with van der Waals surface area (Å²) < 4.78 is 7.97. The molecule has 0 saturated carbocycles. The highest BCUT2D eigenvalue weighted by molar-refractivity contribution is 7.15. The van der Waals surface area contributed by atoms with Crippen LogP contribution in [0.4, 0.5) is 0 Å². The lowest BCUT2D eigenvalue weighted by Gasteiger charge is -2.27. The Labute approximate surface area is 359 Å². The molecule has 2 atom stereocenters. The fourth-order valence-electron chi connectivity index (χ4n) is 7.68. The molecule has 3 aliphatic rings. The number of aliphatic imine (C=N–C) groups is 1. The molecular weight excluding hydrogens is 820 g/mol. The Balaban J connectivity index is 0.813. The number of amides is 6. The van der Waals surface area contributed by atoms with Gasteiger partial charge in [0.05, 0.1) is 23.3 Å². The monoisotopic (exact) mass is 860 g/mol. The van der Waals surface area contributed by atoms with Crippen molar-refractivity contribution in [2.45, 2.75) is 71.6 Å². The molecule has 3 aliphatic heterocycles. The van der Waals surface area contributed by atoms with Gasteiger partial charge in [-0.2, -0.15) is 0 Å². The maximum absolute atomic E-state index is 13.4. The molecule has 312 valence electrons. The summed E-state index contributed by atoms with van der Waals surface area (Å²) in [5.74, 6) is -1.32. The number of nitrogens with one attached hydrogen (secondary N) is 3. The van der Waals surface area contributed by atoms with Gasteiger partial charge < -0.3 is 15.4 Å². The third-order valence-electron chi connectivity index (χ3n) is 11.0. The van der Waals surface area contributed by atoms with E-state index in [2.05, 4.69) is 40.0 Å². The van der Waals surface area contributed by atoms with Crippen LogP contribution in [-0.4, -0.2) is 80.0 Å². The van der Waals surface area contributed by atoms with Crippen LogP contribution in [0.15, 0.2) is 71.7 Å². The first-order valence-corrected chi connectivity index (χ1v) is 21.1. The smallest absolute Gasteiger partial charge is 0.266 e. The predicted molar refractivity (Wildman–Crippen MR) is 226 cm³/mol. The van der Waals surface area contributed by atoms with Crippen LogP contribution in [0.25, 0.3) is 5.00 Å². The number of benzene rings is 3. The van der Waals surface area contributed by atoms with Gasteiger partial charge in [-0.1, -0.05) is 41.9 Å². The molecule has 6 amide bonds. The average molecular weight is 861 g/mol. The number of thiophene rings is 1. The molecule has 0 spiro atoms. The first-order chi connectivity index (χ1) is 29.4. The number of unbranched alkanes of at least 4 members (excludes halogenated alkanes) is 1. The van der Waals surface area contributed by atoms with Gasteiger partial charge in [0.15, 0.2) is 5.82 Å². The topological polar surface area (TPSA) is 194 Å². The minimum Gasteiger partial charge on any atom is -0.488 e. The largest absolute Gasteiger partial charge is 0.488 e. The van der Waals surface area contributed by atoms with Crippen molar-refractivity contribution in [2.24, 2.45) is 4.99 Å². The number of hydrogen-bond acceptors (Lipinski definition) is 11. The SMILES string of the molecule is Cc1sc2c(c1C)C(c1ccc(Cl)cc1)=N[C@@H](CC(=O)NCCCCNC(=O)c1ccc(COc3cccc4c3C(=O)N(C3CCC(=O)NC3=O)C4=O)cc1)c1nnc(C)n1-2. The summed E-state index contributed by atoms with van der Waals surface area (Å²) in [5, 5.41) is 18.5. The second-order valence-electron chi connectivity index (χ2n) is 15.0. The van der Waals surface area contributed by atoms with Crippen molar-refractivity contribution in [1.29, 1.82) is 0 Å². The maximum atomic E-state index is 13.4. The number of ether oxygens (including phenoxy) is 1. The van der Waals surface area contributed by atoms with Crippen LogP contribution in [0.1, 0.15) is 108 Å². The molecular formula is C44H41ClN8O7S. The van der Waals surface area contributed by atoms with E-state index in [1.165, 1.54) is 6.07 Å². The van der Waals surface area contributed by atoms with Gasteiger partial charge in [-0.3, -0.25) is 48.5 Å². The molecule has 17 heteroatoms. The lowest BCUT2D eigenvalue weighted by atomic mass is 9.99. The third kappa shape index (κ3) is 8.20. The molecule has 3 aromatic carbocycles. The van der Waals surface area contributed by atoms with E-state index in [0.29, 0.717) is 42.3 Å². The minimum absolute atomic E-state index is 0.0247. The van der Waals surface area contributed by atoms with Gasteiger partial charge in [0.1, 0.15) is 35.3 Å². The second kappa shape index (κ2) is 17.2. The van der Waals surface area contributed by atoms with Gasteiger partial charge >= 0.3 is 0 Å². The van der Waals surface area contributed by atoms with E-state index < -0.39 is 35.7 Å². The van der Waals surface area contributed by atoms with Gasteiger partial charge in [0.2, 0.25) is 17.7 Å². The summed E-state index contributed by atoms with van der Waals surface area (Å²) in [7, 11) is 0. The normalized spacial score (nSPS) is 16.9. The Morgan fingerprint density at radius 3 is 2.38 bits per heavy atom. The molecule has 2 aromatic heterocycles. The molecule has 5 aromatic rings. The molecule has 5 heterocycles. The highest BCUT2D eigenvalue weighted by Gasteiger charge is 2.46. The highest BCUT2D eigenvalue weighted by Crippen LogP contribution is 2.40. The van der Waals surface area contributed by atoms with E-state index >= 15 is 0 Å². The number of aryl methyl sites for hydroxylation is 2. The summed E-state index contributed by atoms with van der Waals surface area (Å²) in [6, 6.07) is 17.4. The van der Waals surface area contributed by atoms with Crippen LogP contribution >= 0.6 is 22.9 Å². The molecule has 61 heavy (non-hydrogen) atoms. The molecule has 15 nitrogen and oxygen atoms in total. The predicted octanol–water partition coefficient (Wildman–Crippen LogP) is 5.50. The molecule has 0 bridgehead atoms. The zero-order valence-corrected chi connectivity index (χ0v) is 35.1. The Hall–Kier alpha value is -6.52. The zero-order valence-electron chi connectivity index (χ0n) is 33.5. The third-order valence-corrected chi connectivity index (χ3v) is 12.4. The molecule has 0 aliphatic carbocycles. The van der Waals surface area contributed by atoms with Gasteiger partial charge in [-0.15, -0.1) is 21.5 Å². The summed E-state index contributed by atoms with van der Waals surface area (Å²) in [4.78, 5) is 84.0. The number of carbonyl (C=O) groups excluding carboxylic acids is 6. The van der Waals surface area contributed by atoms with E-state index in [1.54, 1.807) is 47.7 Å². The summed E-state index contributed by atoms with van der Waals surface area (Å²) in [6.07, 6.45) is 1.43. The average Bonchev–Trinajstić information content (AvgIpc) is 3.82. The first kappa shape index (κ1) is 41.2. The number of nitrogens with zero attached hydrogens (tertiary/aromatic N) is 5. The molecule has 1 unspecified atom stereocenters. The van der Waals surface area contributed by atoms with Crippen molar-refractivity contribution in [2.75, 3.05) is 13.1 Å². The summed E-state index contributed by atoms with van der Waals surface area (Å²) in [6.45, 7) is 6.93. The summed E-state index contributed by atoms with van der Waals surface area (Å²) >= 11 is 7.87. The Morgan fingerprint density at radius 1 is 0.902 bits per heavy atom. The Morgan fingerprint density at radius 2 is 1.64 bits per heavy atom. The van der Waals surface area contributed by atoms with Crippen molar-refractivity contribution in [3.8, 4) is 10.8 Å². The van der Waals surface area contributed by atoms with Gasteiger partial charge in [0.25, 0.3) is 17.7 Å². The Kier molecular flexibility index (Phi) is 11.6. The second-order valence-corrected chi connectivity index (χ2v) is 16.7. The molecule has 1 fully saturated rings. The number of imide groups is 2. The van der Waals surface area contributed by atoms with Crippen LogP contribution in [0.3, 0.4) is 0 Å². The van der Waals surface area contributed by atoms with E-state index in [-0.39, 0.29) is 54.6 Å². The van der Waals surface area contributed by atoms with Gasteiger partial charge in [0, 0.05) is 46.1 Å². The number of aromatic nitrogens is 3. The number of halogens is 1. The fourth-order valence-corrected chi connectivity index (χ4v) is 9.02. The standard InChI is InChI=1S/C44H41ClN8O7S/c1-23-24(2)61-44-36(23)38(27-13-15-29(45)16-14-27)48-31(39-51-50-25(3)52(39)44)21-35(55)46-19-4-5-20-47-40(56)28-11-9-26(10-12-28)22-60-33-8-6-7-30-37(33)43(59)53(42(30)58)32-17-18-34(54)49-41(32)57/h6-16,31-32H,4-5,17-22H2,1-3H3,(H,46,55)(H,47,56)(H,49,54,57)/t31-,32?/m0/s1. The molecule has 8 rings (SSSR count). The van der Waals surface area contributed by atoms with Crippen molar-refractivity contribution in [3.05, 3.63) is 127 Å².